The third kappa shape index (κ3) is 4.99. The lowest BCUT2D eigenvalue weighted by molar-refractivity contribution is -0.113. The maximum atomic E-state index is 11.4. The molecule has 0 saturated heterocycles. The smallest absolute Gasteiger partial charge is 0.156 e. The van der Waals surface area contributed by atoms with E-state index < -0.39 is 0 Å². The number of carbonyl (C=O) groups is 1. The van der Waals surface area contributed by atoms with Gasteiger partial charge in [0.15, 0.2) is 5.78 Å². The van der Waals surface area contributed by atoms with Crippen LogP contribution in [0.4, 0.5) is 0 Å². The Kier molecular flexibility index (Phi) is 7.20. The minimum Gasteiger partial charge on any atom is -0.295 e. The van der Waals surface area contributed by atoms with Gasteiger partial charge in [0.1, 0.15) is 0 Å². The van der Waals surface area contributed by atoms with Gasteiger partial charge in [0, 0.05) is 0 Å². The zero-order chi connectivity index (χ0) is 13.4. The normalized spacial score (nSPS) is 10.9. The molecule has 0 spiro atoms. The van der Waals surface area contributed by atoms with E-state index in [0.29, 0.717) is 0 Å². The zero-order valence-electron chi connectivity index (χ0n) is 11.9. The molecule has 0 N–H and O–H groups in total. The number of hydrogen-bond donors (Lipinski definition) is 0. The Labute approximate surface area is 106 Å². The summed E-state index contributed by atoms with van der Waals surface area (Å²) in [5, 5.41) is 0. The summed E-state index contributed by atoms with van der Waals surface area (Å²) in [6.07, 6.45) is 2.00. The molecule has 0 saturated carbocycles. The largest absolute Gasteiger partial charge is 0.295 e. The highest BCUT2D eigenvalue weighted by atomic mass is 16.1. The molecular weight excluding hydrogens is 208 g/mol. The lowest BCUT2D eigenvalue weighted by Crippen LogP contribution is -2.03. The van der Waals surface area contributed by atoms with Crippen molar-refractivity contribution < 1.29 is 4.79 Å². The van der Waals surface area contributed by atoms with Gasteiger partial charge < -0.3 is 0 Å². The Hall–Kier alpha value is -1.37. The first-order valence-corrected chi connectivity index (χ1v) is 6.30. The molecule has 1 rings (SSSR count). The molecule has 1 aromatic carbocycles. The Bertz CT molecular complexity index is 386. The molecule has 17 heavy (non-hydrogen) atoms. The van der Waals surface area contributed by atoms with Gasteiger partial charge in [0.2, 0.25) is 0 Å². The maximum absolute atomic E-state index is 11.4. The summed E-state index contributed by atoms with van der Waals surface area (Å²) < 4.78 is 0. The number of rotatable bonds is 3. The van der Waals surface area contributed by atoms with Crippen LogP contribution in [0.3, 0.4) is 0 Å². The summed E-state index contributed by atoms with van der Waals surface area (Å²) in [4.78, 5) is 11.4. The number of benzene rings is 1. The third-order valence-corrected chi connectivity index (χ3v) is 2.53. The van der Waals surface area contributed by atoms with Gasteiger partial charge >= 0.3 is 0 Å². The van der Waals surface area contributed by atoms with E-state index in [0.717, 1.165) is 11.1 Å². The maximum Gasteiger partial charge on any atom is 0.156 e. The topological polar surface area (TPSA) is 17.1 Å². The van der Waals surface area contributed by atoms with Gasteiger partial charge in [-0.2, -0.15) is 0 Å². The SMILES string of the molecule is CC.CC(=O)/C(=C\c1ccccc1C)C(C)C. The first-order chi connectivity index (χ1) is 8.02. The van der Waals surface area contributed by atoms with Crippen LogP contribution in [0.2, 0.25) is 0 Å². The molecule has 1 nitrogen and oxygen atoms in total. The highest BCUT2D eigenvalue weighted by Crippen LogP contribution is 2.17. The van der Waals surface area contributed by atoms with Crippen molar-refractivity contribution in [3.8, 4) is 0 Å². The van der Waals surface area contributed by atoms with E-state index in [9.17, 15) is 4.79 Å². The van der Waals surface area contributed by atoms with Crippen LogP contribution in [0.25, 0.3) is 6.08 Å². The van der Waals surface area contributed by atoms with Crippen LogP contribution in [0.15, 0.2) is 29.8 Å². The van der Waals surface area contributed by atoms with Gasteiger partial charge in [-0.1, -0.05) is 52.0 Å². The van der Waals surface area contributed by atoms with Crippen molar-refractivity contribution in [3.05, 3.63) is 41.0 Å². The van der Waals surface area contributed by atoms with Gasteiger partial charge in [-0.05, 0) is 42.5 Å². The van der Waals surface area contributed by atoms with E-state index in [2.05, 4.69) is 13.0 Å². The van der Waals surface area contributed by atoms with E-state index in [1.165, 1.54) is 5.56 Å². The summed E-state index contributed by atoms with van der Waals surface area (Å²) in [6, 6.07) is 8.11. The van der Waals surface area contributed by atoms with Crippen molar-refractivity contribution >= 4 is 11.9 Å². The molecule has 0 atom stereocenters. The molecule has 0 fully saturated rings. The van der Waals surface area contributed by atoms with Crippen molar-refractivity contribution in [2.45, 2.75) is 41.5 Å². The highest BCUT2D eigenvalue weighted by molar-refractivity contribution is 5.98. The standard InChI is InChI=1S/C14H18O.C2H6/c1-10(2)14(12(4)15)9-13-8-6-5-7-11(13)3;1-2/h5-10H,1-4H3;1-2H3/b14-9-;. The molecule has 1 heteroatoms. The van der Waals surface area contributed by atoms with Crippen LogP contribution < -0.4 is 0 Å². The quantitative estimate of drug-likeness (QED) is 0.693. The molecule has 0 aliphatic carbocycles. The molecule has 94 valence electrons. The lowest BCUT2D eigenvalue weighted by Gasteiger charge is -2.08. The van der Waals surface area contributed by atoms with Gasteiger partial charge in [-0.3, -0.25) is 4.79 Å². The zero-order valence-corrected chi connectivity index (χ0v) is 11.9. The van der Waals surface area contributed by atoms with Gasteiger partial charge in [0.05, 0.1) is 0 Å². The van der Waals surface area contributed by atoms with Gasteiger partial charge in [-0.15, -0.1) is 0 Å². The van der Waals surface area contributed by atoms with Crippen molar-refractivity contribution in [3.63, 3.8) is 0 Å². The second kappa shape index (κ2) is 7.83. The minimum absolute atomic E-state index is 0.160. The summed E-state index contributed by atoms with van der Waals surface area (Å²) >= 11 is 0. The number of ketones is 1. The molecule has 0 bridgehead atoms. The Morgan fingerprint density at radius 2 is 1.71 bits per heavy atom. The Balaban J connectivity index is 0.00000121. The fourth-order valence-electron chi connectivity index (χ4n) is 1.59. The number of aryl methyl sites for hydroxylation is 1. The fraction of sp³-hybridized carbons (Fsp3) is 0.438. The Morgan fingerprint density at radius 3 is 2.12 bits per heavy atom. The van der Waals surface area contributed by atoms with E-state index in [4.69, 9.17) is 0 Å². The van der Waals surface area contributed by atoms with Gasteiger partial charge in [0.25, 0.3) is 0 Å². The minimum atomic E-state index is 0.160. The predicted molar refractivity (Wildman–Crippen MR) is 76.0 cm³/mol. The highest BCUT2D eigenvalue weighted by Gasteiger charge is 2.08. The number of hydrogen-bond acceptors (Lipinski definition) is 1. The average Bonchev–Trinajstić information content (AvgIpc) is 2.29. The molecular formula is C16H24O. The molecule has 0 aromatic heterocycles. The average molecular weight is 232 g/mol. The van der Waals surface area contributed by atoms with Crippen molar-refractivity contribution in [2.75, 3.05) is 0 Å². The predicted octanol–water partition coefficient (Wildman–Crippen LogP) is 4.65. The van der Waals surface area contributed by atoms with E-state index in [-0.39, 0.29) is 11.7 Å². The lowest BCUT2D eigenvalue weighted by atomic mass is 9.96. The van der Waals surface area contributed by atoms with Crippen LogP contribution in [0, 0.1) is 12.8 Å². The van der Waals surface area contributed by atoms with E-state index >= 15 is 0 Å². The molecule has 0 heterocycles. The van der Waals surface area contributed by atoms with Crippen LogP contribution in [-0.2, 0) is 4.79 Å². The molecule has 0 aliphatic rings. The van der Waals surface area contributed by atoms with Crippen molar-refractivity contribution in [2.24, 2.45) is 5.92 Å². The van der Waals surface area contributed by atoms with E-state index in [1.807, 2.05) is 52.0 Å². The summed E-state index contributed by atoms with van der Waals surface area (Å²) in [7, 11) is 0. The first kappa shape index (κ1) is 15.6. The summed E-state index contributed by atoms with van der Waals surface area (Å²) in [6.45, 7) is 11.8. The van der Waals surface area contributed by atoms with Crippen LogP contribution >= 0.6 is 0 Å². The van der Waals surface area contributed by atoms with E-state index in [1.54, 1.807) is 6.92 Å². The second-order valence-electron chi connectivity index (χ2n) is 4.17. The molecule has 0 radical (unpaired) electrons. The van der Waals surface area contributed by atoms with Gasteiger partial charge in [-0.25, -0.2) is 0 Å². The molecule has 0 amide bonds. The molecule has 1 aromatic rings. The Morgan fingerprint density at radius 1 is 1.18 bits per heavy atom. The van der Waals surface area contributed by atoms with Crippen molar-refractivity contribution in [1.82, 2.24) is 0 Å². The first-order valence-electron chi connectivity index (χ1n) is 6.30. The van der Waals surface area contributed by atoms with Crippen LogP contribution in [-0.4, -0.2) is 5.78 Å². The number of Topliss-reactive ketones (excluding diaryl/α,β-unsaturated/α-hetero) is 1. The number of carbonyl (C=O) groups excluding carboxylic acids is 1. The monoisotopic (exact) mass is 232 g/mol. The van der Waals surface area contributed by atoms with Crippen LogP contribution in [0.5, 0.6) is 0 Å². The summed E-state index contributed by atoms with van der Waals surface area (Å²) in [5.41, 5.74) is 3.23. The fourth-order valence-corrected chi connectivity index (χ4v) is 1.59. The van der Waals surface area contributed by atoms with Crippen molar-refractivity contribution in [1.29, 1.82) is 0 Å². The van der Waals surface area contributed by atoms with Crippen LogP contribution in [0.1, 0.15) is 45.7 Å². The second-order valence-corrected chi connectivity index (χ2v) is 4.17. The molecule has 0 unspecified atom stereocenters. The number of allylic oxidation sites excluding steroid dienone is 1. The summed E-state index contributed by atoms with van der Waals surface area (Å²) in [5.74, 6) is 0.440. The third-order valence-electron chi connectivity index (χ3n) is 2.53. The molecule has 0 aliphatic heterocycles.